The third-order valence-electron chi connectivity index (χ3n) is 2.56. The molecule has 1 fully saturated rings. The van der Waals surface area contributed by atoms with Crippen molar-refractivity contribution in [2.24, 2.45) is 11.7 Å². The fraction of sp³-hybridized carbons (Fsp3) is 1.00. The summed E-state index contributed by atoms with van der Waals surface area (Å²) >= 11 is 0. The van der Waals surface area contributed by atoms with Gasteiger partial charge in [-0.25, -0.2) is 0 Å². The molecule has 0 amide bonds. The molecule has 3 N–H and O–H groups in total. The molecule has 0 radical (unpaired) electrons. The highest BCUT2D eigenvalue weighted by Crippen LogP contribution is 2.15. The van der Waals surface area contributed by atoms with Crippen molar-refractivity contribution in [1.82, 2.24) is 4.90 Å². The highest BCUT2D eigenvalue weighted by molar-refractivity contribution is 4.74. The topological polar surface area (TPSA) is 49.5 Å². The van der Waals surface area contributed by atoms with Gasteiger partial charge < -0.3 is 15.7 Å². The van der Waals surface area contributed by atoms with Gasteiger partial charge in [-0.3, -0.25) is 0 Å². The van der Waals surface area contributed by atoms with Crippen LogP contribution >= 0.6 is 0 Å². The molecule has 0 aromatic carbocycles. The summed E-state index contributed by atoms with van der Waals surface area (Å²) in [5.74, 6) is 0.530. The number of aliphatic hydroxyl groups is 1. The zero-order valence-corrected chi connectivity index (χ0v) is 7.71. The van der Waals surface area contributed by atoms with Crippen molar-refractivity contribution in [2.45, 2.75) is 19.3 Å². The summed E-state index contributed by atoms with van der Waals surface area (Å²) in [5, 5.41) is 8.91. The summed E-state index contributed by atoms with van der Waals surface area (Å²) in [6.07, 6.45) is 3.49. The number of nitrogens with two attached hydrogens (primary N) is 1. The van der Waals surface area contributed by atoms with Gasteiger partial charge in [0.25, 0.3) is 0 Å². The van der Waals surface area contributed by atoms with Crippen LogP contribution < -0.4 is 5.73 Å². The van der Waals surface area contributed by atoms with Gasteiger partial charge in [0, 0.05) is 13.2 Å². The predicted octanol–water partition coefficient (Wildman–Crippen LogP) is 0.0395. The van der Waals surface area contributed by atoms with Gasteiger partial charge in [0.05, 0.1) is 0 Å². The Morgan fingerprint density at radius 2 is 2.25 bits per heavy atom. The smallest absolute Gasteiger partial charge is 0.0471 e. The lowest BCUT2D eigenvalue weighted by atomic mass is 10.1. The molecule has 3 heteroatoms. The van der Waals surface area contributed by atoms with E-state index in [9.17, 15) is 0 Å². The van der Waals surface area contributed by atoms with E-state index in [1.165, 1.54) is 12.8 Å². The van der Waals surface area contributed by atoms with Crippen molar-refractivity contribution in [2.75, 3.05) is 32.8 Å². The Balaban J connectivity index is 2.03. The third-order valence-corrected chi connectivity index (χ3v) is 2.56. The number of rotatable bonds is 5. The van der Waals surface area contributed by atoms with Crippen molar-refractivity contribution in [3.05, 3.63) is 0 Å². The predicted molar refractivity (Wildman–Crippen MR) is 49.9 cm³/mol. The van der Waals surface area contributed by atoms with Crippen LogP contribution in [0.1, 0.15) is 19.3 Å². The molecular weight excluding hydrogens is 152 g/mol. The normalized spacial score (nSPS) is 25.0. The molecule has 0 spiro atoms. The molecule has 0 saturated carbocycles. The summed E-state index contributed by atoms with van der Waals surface area (Å²) in [6, 6.07) is 0. The van der Waals surface area contributed by atoms with Gasteiger partial charge in [-0.1, -0.05) is 0 Å². The maximum Gasteiger partial charge on any atom is 0.0471 e. The summed E-state index contributed by atoms with van der Waals surface area (Å²) in [4.78, 5) is 2.43. The number of hydrogen-bond acceptors (Lipinski definition) is 3. The second kappa shape index (κ2) is 5.51. The number of nitrogens with zero attached hydrogens (tertiary/aromatic N) is 1. The molecule has 1 unspecified atom stereocenters. The van der Waals surface area contributed by atoms with Crippen LogP contribution in [0.25, 0.3) is 0 Å². The van der Waals surface area contributed by atoms with E-state index < -0.39 is 0 Å². The molecule has 3 nitrogen and oxygen atoms in total. The van der Waals surface area contributed by atoms with Gasteiger partial charge in [0.2, 0.25) is 0 Å². The Morgan fingerprint density at radius 3 is 2.83 bits per heavy atom. The van der Waals surface area contributed by atoms with E-state index in [-0.39, 0.29) is 0 Å². The first-order valence-corrected chi connectivity index (χ1v) is 4.90. The molecule has 1 atom stereocenters. The Kier molecular flexibility index (Phi) is 4.58. The number of aliphatic hydroxyl groups excluding tert-OH is 1. The highest BCUT2D eigenvalue weighted by Gasteiger charge is 2.20. The molecule has 1 heterocycles. The van der Waals surface area contributed by atoms with E-state index in [2.05, 4.69) is 4.90 Å². The van der Waals surface area contributed by atoms with Gasteiger partial charge in [-0.2, -0.15) is 0 Å². The second-order valence-corrected chi connectivity index (χ2v) is 3.63. The molecule has 1 saturated heterocycles. The van der Waals surface area contributed by atoms with Gasteiger partial charge >= 0.3 is 0 Å². The molecule has 12 heavy (non-hydrogen) atoms. The fourth-order valence-electron chi connectivity index (χ4n) is 1.74. The molecular formula is C9H20N2O. The molecule has 0 aromatic heterocycles. The van der Waals surface area contributed by atoms with Gasteiger partial charge in [-0.15, -0.1) is 0 Å². The molecule has 0 aromatic rings. The maximum absolute atomic E-state index is 8.91. The van der Waals surface area contributed by atoms with Crippen LogP contribution in [0.4, 0.5) is 0 Å². The average molecular weight is 172 g/mol. The second-order valence-electron chi connectivity index (χ2n) is 3.63. The molecule has 1 aliphatic heterocycles. The molecule has 1 rings (SSSR count). The van der Waals surface area contributed by atoms with Crippen LogP contribution in [0.2, 0.25) is 0 Å². The lowest BCUT2D eigenvalue weighted by molar-refractivity contribution is 0.221. The monoisotopic (exact) mass is 172 g/mol. The minimum absolute atomic E-state index is 0.355. The Morgan fingerprint density at radius 1 is 1.42 bits per heavy atom. The first-order valence-electron chi connectivity index (χ1n) is 4.90. The Labute approximate surface area is 74.5 Å². The molecule has 1 aliphatic rings. The van der Waals surface area contributed by atoms with E-state index in [0.29, 0.717) is 12.5 Å². The number of hydrogen-bond donors (Lipinski definition) is 2. The van der Waals surface area contributed by atoms with Gasteiger partial charge in [-0.05, 0) is 44.8 Å². The van der Waals surface area contributed by atoms with Crippen molar-refractivity contribution >= 4 is 0 Å². The van der Waals surface area contributed by atoms with Gasteiger partial charge in [0.1, 0.15) is 0 Å². The zero-order chi connectivity index (χ0) is 8.81. The van der Waals surface area contributed by atoms with Crippen LogP contribution in [-0.2, 0) is 0 Å². The van der Waals surface area contributed by atoms with E-state index in [0.717, 1.165) is 32.6 Å². The lowest BCUT2D eigenvalue weighted by Gasteiger charge is -2.14. The summed E-state index contributed by atoms with van der Waals surface area (Å²) in [6.45, 7) is 4.56. The van der Waals surface area contributed by atoms with E-state index in [1.807, 2.05) is 0 Å². The quantitative estimate of drug-likeness (QED) is 0.576. The van der Waals surface area contributed by atoms with Crippen LogP contribution in [0.5, 0.6) is 0 Å². The van der Waals surface area contributed by atoms with E-state index in [4.69, 9.17) is 10.8 Å². The Hall–Kier alpha value is -0.120. The minimum atomic E-state index is 0.355. The van der Waals surface area contributed by atoms with Gasteiger partial charge in [0.15, 0.2) is 0 Å². The van der Waals surface area contributed by atoms with Crippen LogP contribution in [0, 0.1) is 5.92 Å². The molecule has 0 aliphatic carbocycles. The minimum Gasteiger partial charge on any atom is -0.396 e. The van der Waals surface area contributed by atoms with Crippen LogP contribution in [0.15, 0.2) is 0 Å². The van der Waals surface area contributed by atoms with Crippen molar-refractivity contribution in [1.29, 1.82) is 0 Å². The zero-order valence-electron chi connectivity index (χ0n) is 7.71. The molecule has 72 valence electrons. The van der Waals surface area contributed by atoms with Crippen molar-refractivity contribution < 1.29 is 5.11 Å². The fourth-order valence-corrected chi connectivity index (χ4v) is 1.74. The third kappa shape index (κ3) is 3.09. The van der Waals surface area contributed by atoms with Crippen LogP contribution in [-0.4, -0.2) is 42.8 Å². The lowest BCUT2D eigenvalue weighted by Crippen LogP contribution is -2.23. The van der Waals surface area contributed by atoms with E-state index in [1.54, 1.807) is 0 Å². The average Bonchev–Trinajstić information content (AvgIpc) is 2.53. The molecule has 0 bridgehead atoms. The van der Waals surface area contributed by atoms with Crippen molar-refractivity contribution in [3.8, 4) is 0 Å². The Bertz CT molecular complexity index is 119. The summed E-state index contributed by atoms with van der Waals surface area (Å²) in [5.41, 5.74) is 5.41. The summed E-state index contributed by atoms with van der Waals surface area (Å²) in [7, 11) is 0. The van der Waals surface area contributed by atoms with Crippen LogP contribution in [0.3, 0.4) is 0 Å². The van der Waals surface area contributed by atoms with Crippen molar-refractivity contribution in [3.63, 3.8) is 0 Å². The SMILES string of the molecule is NCCCCN1CCC(CO)C1. The highest BCUT2D eigenvalue weighted by atomic mass is 16.3. The first-order chi connectivity index (χ1) is 5.86. The standard InChI is InChI=1S/C9H20N2O/c10-4-1-2-5-11-6-3-9(7-11)8-12/h9,12H,1-8,10H2. The largest absolute Gasteiger partial charge is 0.396 e. The first kappa shape index (κ1) is 9.96. The number of likely N-dealkylation sites (tertiary alicyclic amines) is 1. The maximum atomic E-state index is 8.91. The summed E-state index contributed by atoms with van der Waals surface area (Å²) < 4.78 is 0. The van der Waals surface area contributed by atoms with E-state index >= 15 is 0 Å². The number of unbranched alkanes of at least 4 members (excludes halogenated alkanes) is 1.